The van der Waals surface area contributed by atoms with Crippen molar-refractivity contribution in [2.75, 3.05) is 39.8 Å². The Morgan fingerprint density at radius 1 is 0.809 bits per heavy atom. The number of carboxylic acids is 2. The SMILES string of the molecule is CC1=C(C(=O)O)C(CCN2CCN(C(c3ccc(C)cc3)c3ccc(C)cc3)CC2)(c2cccc([N+](=O)[O-])c2)C(C(=O)O)=C(C)N1C. The number of nitrogens with zero attached hydrogens (tertiary/aromatic N) is 4. The number of carboxylic acid groups (broad SMARTS) is 2. The first-order chi connectivity index (χ1) is 22.3. The van der Waals surface area contributed by atoms with E-state index < -0.39 is 22.3 Å². The van der Waals surface area contributed by atoms with Gasteiger partial charge in [-0.2, -0.15) is 0 Å². The maximum Gasteiger partial charge on any atom is 0.334 e. The van der Waals surface area contributed by atoms with Crippen LogP contribution in [0.15, 0.2) is 95.3 Å². The fraction of sp³-hybridized carbons (Fsp3) is 0.351. The number of nitro groups is 1. The van der Waals surface area contributed by atoms with Crippen LogP contribution in [-0.4, -0.2) is 81.5 Å². The topological polar surface area (TPSA) is 127 Å². The average molecular weight is 639 g/mol. The Morgan fingerprint density at radius 3 is 1.74 bits per heavy atom. The minimum Gasteiger partial charge on any atom is -0.478 e. The summed E-state index contributed by atoms with van der Waals surface area (Å²) in [6.45, 7) is 10.7. The second-order valence-electron chi connectivity index (χ2n) is 12.7. The zero-order valence-corrected chi connectivity index (χ0v) is 27.6. The van der Waals surface area contributed by atoms with Gasteiger partial charge in [-0.15, -0.1) is 0 Å². The molecule has 0 spiro atoms. The van der Waals surface area contributed by atoms with Crippen molar-refractivity contribution in [3.63, 3.8) is 0 Å². The van der Waals surface area contributed by atoms with Gasteiger partial charge in [0.2, 0.25) is 0 Å². The van der Waals surface area contributed by atoms with E-state index in [0.29, 0.717) is 31.0 Å². The standard InChI is InChI=1S/C37H42N4O6/c1-24-9-13-28(14-10-24)34(29-15-11-25(2)12-16-29)40-21-19-39(20-22-40)18-17-37(30-7-6-8-31(23-30)41(46)47)32(35(42)43)26(3)38(5)27(4)33(37)36(44)45/h6-16,23,34H,17-22H2,1-5H3,(H,42,43)(H,44,45). The quantitative estimate of drug-likeness (QED) is 0.206. The highest BCUT2D eigenvalue weighted by Gasteiger charge is 2.52. The Kier molecular flexibility index (Phi) is 9.65. The van der Waals surface area contributed by atoms with Crippen molar-refractivity contribution >= 4 is 17.6 Å². The first kappa shape index (κ1) is 33.6. The van der Waals surface area contributed by atoms with Gasteiger partial charge in [-0.05, 0) is 57.4 Å². The van der Waals surface area contributed by atoms with Crippen molar-refractivity contribution in [1.82, 2.24) is 14.7 Å². The molecular weight excluding hydrogens is 596 g/mol. The van der Waals surface area contributed by atoms with Crippen LogP contribution in [0.4, 0.5) is 5.69 Å². The maximum atomic E-state index is 13.0. The Bertz CT molecular complexity index is 1650. The molecule has 5 rings (SSSR count). The molecule has 0 atom stereocenters. The van der Waals surface area contributed by atoms with E-state index >= 15 is 0 Å². The fourth-order valence-corrected chi connectivity index (χ4v) is 7.25. The smallest absolute Gasteiger partial charge is 0.334 e. The molecule has 3 aromatic rings. The number of benzene rings is 3. The third kappa shape index (κ3) is 6.43. The second kappa shape index (κ2) is 13.5. The number of aliphatic carboxylic acids is 2. The van der Waals surface area contributed by atoms with Crippen molar-refractivity contribution in [3.8, 4) is 0 Å². The van der Waals surface area contributed by atoms with Gasteiger partial charge in [0.25, 0.3) is 5.69 Å². The van der Waals surface area contributed by atoms with E-state index in [-0.39, 0.29) is 34.9 Å². The molecule has 2 heterocycles. The number of nitro benzene ring substituents is 1. The van der Waals surface area contributed by atoms with Gasteiger partial charge in [-0.25, -0.2) is 9.59 Å². The molecule has 47 heavy (non-hydrogen) atoms. The Morgan fingerprint density at radius 2 is 1.30 bits per heavy atom. The van der Waals surface area contributed by atoms with Crippen molar-refractivity contribution in [1.29, 1.82) is 0 Å². The van der Waals surface area contributed by atoms with Crippen molar-refractivity contribution in [2.24, 2.45) is 0 Å². The zero-order chi connectivity index (χ0) is 34.0. The van der Waals surface area contributed by atoms with E-state index in [1.807, 2.05) is 0 Å². The molecule has 2 N–H and O–H groups in total. The van der Waals surface area contributed by atoms with E-state index in [2.05, 4.69) is 72.2 Å². The van der Waals surface area contributed by atoms with Crippen LogP contribution in [0.25, 0.3) is 0 Å². The van der Waals surface area contributed by atoms with Gasteiger partial charge in [-0.3, -0.25) is 15.0 Å². The lowest BCUT2D eigenvalue weighted by Crippen LogP contribution is -2.51. The van der Waals surface area contributed by atoms with Gasteiger partial charge >= 0.3 is 11.9 Å². The lowest BCUT2D eigenvalue weighted by Gasteiger charge is -2.45. The number of piperazine rings is 1. The number of aryl methyl sites for hydroxylation is 2. The predicted molar refractivity (Wildman–Crippen MR) is 180 cm³/mol. The minimum absolute atomic E-state index is 0.0665. The molecule has 246 valence electrons. The molecule has 2 aliphatic rings. The summed E-state index contributed by atoms with van der Waals surface area (Å²) in [6, 6.07) is 23.1. The van der Waals surface area contributed by atoms with E-state index in [9.17, 15) is 29.9 Å². The molecule has 0 unspecified atom stereocenters. The van der Waals surface area contributed by atoms with Crippen LogP contribution >= 0.6 is 0 Å². The lowest BCUT2D eigenvalue weighted by molar-refractivity contribution is -0.385. The van der Waals surface area contributed by atoms with Crippen molar-refractivity contribution in [3.05, 3.63) is 133 Å². The molecule has 1 saturated heterocycles. The first-order valence-corrected chi connectivity index (χ1v) is 15.8. The predicted octanol–water partition coefficient (Wildman–Crippen LogP) is 5.91. The van der Waals surface area contributed by atoms with Crippen molar-refractivity contribution in [2.45, 2.75) is 45.6 Å². The minimum atomic E-state index is -1.62. The molecule has 1 fully saturated rings. The van der Waals surface area contributed by atoms with Crippen LogP contribution in [-0.2, 0) is 15.0 Å². The maximum absolute atomic E-state index is 13.0. The van der Waals surface area contributed by atoms with Gasteiger partial charge in [0.1, 0.15) is 0 Å². The summed E-state index contributed by atoms with van der Waals surface area (Å²) in [6.07, 6.45) is 0.124. The summed E-state index contributed by atoms with van der Waals surface area (Å²) >= 11 is 0. The van der Waals surface area contributed by atoms with Crippen LogP contribution in [0, 0.1) is 24.0 Å². The van der Waals surface area contributed by atoms with Gasteiger partial charge in [0.15, 0.2) is 0 Å². The van der Waals surface area contributed by atoms with Crippen LogP contribution in [0.5, 0.6) is 0 Å². The van der Waals surface area contributed by atoms with E-state index in [4.69, 9.17) is 0 Å². The molecular formula is C37H42N4O6. The van der Waals surface area contributed by atoms with Gasteiger partial charge < -0.3 is 20.0 Å². The molecule has 10 heteroatoms. The van der Waals surface area contributed by atoms with Crippen molar-refractivity contribution < 1.29 is 24.7 Å². The molecule has 0 aromatic heterocycles. The number of rotatable bonds is 10. The van der Waals surface area contributed by atoms with Crippen LogP contribution in [0.1, 0.15) is 54.1 Å². The second-order valence-corrected chi connectivity index (χ2v) is 12.7. The fourth-order valence-electron chi connectivity index (χ4n) is 7.25. The monoisotopic (exact) mass is 638 g/mol. The highest BCUT2D eigenvalue weighted by Crippen LogP contribution is 2.50. The highest BCUT2D eigenvalue weighted by molar-refractivity contribution is 6.00. The Hall–Kier alpha value is -4.80. The summed E-state index contributed by atoms with van der Waals surface area (Å²) in [5, 5.41) is 33.0. The molecule has 0 radical (unpaired) electrons. The van der Waals surface area contributed by atoms with Gasteiger partial charge in [0.05, 0.1) is 27.5 Å². The van der Waals surface area contributed by atoms with Crippen LogP contribution in [0.3, 0.4) is 0 Å². The number of hydrogen-bond donors (Lipinski definition) is 2. The van der Waals surface area contributed by atoms with Crippen LogP contribution < -0.4 is 0 Å². The Balaban J connectivity index is 1.48. The van der Waals surface area contributed by atoms with E-state index in [0.717, 1.165) is 13.1 Å². The van der Waals surface area contributed by atoms with E-state index in [1.165, 1.54) is 40.5 Å². The molecule has 3 aromatic carbocycles. The molecule has 10 nitrogen and oxygen atoms in total. The lowest BCUT2D eigenvalue weighted by atomic mass is 9.63. The summed E-state index contributed by atoms with van der Waals surface area (Å²) < 4.78 is 0. The largest absolute Gasteiger partial charge is 0.478 e. The summed E-state index contributed by atoms with van der Waals surface area (Å²) in [5.41, 5.74) is 3.89. The third-order valence-electron chi connectivity index (χ3n) is 9.92. The molecule has 0 amide bonds. The third-order valence-corrected chi connectivity index (χ3v) is 9.92. The molecule has 0 aliphatic carbocycles. The van der Waals surface area contributed by atoms with Gasteiger partial charge in [0, 0.05) is 56.8 Å². The number of carbonyl (C=O) groups is 2. The summed E-state index contributed by atoms with van der Waals surface area (Å²) in [7, 11) is 1.64. The zero-order valence-electron chi connectivity index (χ0n) is 27.6. The molecule has 2 aliphatic heterocycles. The van der Waals surface area contributed by atoms with Gasteiger partial charge in [-0.1, -0.05) is 71.8 Å². The summed E-state index contributed by atoms with van der Waals surface area (Å²) in [4.78, 5) is 43.6. The highest BCUT2D eigenvalue weighted by atomic mass is 16.6. The normalized spacial score (nSPS) is 17.4. The number of allylic oxidation sites excluding steroid dienone is 2. The molecule has 0 bridgehead atoms. The van der Waals surface area contributed by atoms with Crippen LogP contribution in [0.2, 0.25) is 0 Å². The first-order valence-electron chi connectivity index (χ1n) is 15.8. The Labute approximate surface area is 275 Å². The average Bonchev–Trinajstić information content (AvgIpc) is 3.04. The molecule has 0 saturated carbocycles. The number of hydrogen-bond acceptors (Lipinski definition) is 7. The van der Waals surface area contributed by atoms with E-state index in [1.54, 1.807) is 31.9 Å². The summed E-state index contributed by atoms with van der Waals surface area (Å²) in [5.74, 6) is -2.51. The number of non-ortho nitro benzene ring substituents is 1.